The summed E-state index contributed by atoms with van der Waals surface area (Å²) in [6, 6.07) is 8.83. The van der Waals surface area contributed by atoms with Crippen LogP contribution in [0.5, 0.6) is 0 Å². The Bertz CT molecular complexity index is 922. The number of carbonyl (C=O) groups excluding carboxylic acids is 1. The quantitative estimate of drug-likeness (QED) is 0.622. The number of nitrogens with two attached hydrogens (primary N) is 2. The molecule has 4 rings (SSSR count). The van der Waals surface area contributed by atoms with E-state index in [9.17, 15) is 4.79 Å². The van der Waals surface area contributed by atoms with Gasteiger partial charge in [0.05, 0.1) is 0 Å². The fourth-order valence-electron chi connectivity index (χ4n) is 5.11. The van der Waals surface area contributed by atoms with Gasteiger partial charge in [-0.3, -0.25) is 4.90 Å². The average Bonchev–Trinajstić information content (AvgIpc) is 2.78. The van der Waals surface area contributed by atoms with Crippen molar-refractivity contribution in [2.75, 3.05) is 18.0 Å². The van der Waals surface area contributed by atoms with Crippen molar-refractivity contribution in [1.29, 1.82) is 0 Å². The fraction of sp³-hybridized carbons (Fsp3) is 0.640. The monoisotopic (exact) mass is 469 g/mol. The van der Waals surface area contributed by atoms with Crippen molar-refractivity contribution in [2.45, 2.75) is 89.6 Å². The van der Waals surface area contributed by atoms with E-state index >= 15 is 0 Å². The molecule has 3 aliphatic rings. The zero-order valence-corrected chi connectivity index (χ0v) is 20.7. The highest BCUT2D eigenvalue weighted by atomic mass is 16.6. The molecule has 1 saturated heterocycles. The summed E-state index contributed by atoms with van der Waals surface area (Å²) < 4.78 is 5.49. The minimum Gasteiger partial charge on any atom is -0.444 e. The van der Waals surface area contributed by atoms with Gasteiger partial charge in [0.15, 0.2) is 0 Å². The maximum atomic E-state index is 12.3. The van der Waals surface area contributed by atoms with Crippen LogP contribution in [-0.4, -0.2) is 53.3 Å². The summed E-state index contributed by atoms with van der Waals surface area (Å²) in [5.41, 5.74) is 13.6. The fourth-order valence-corrected chi connectivity index (χ4v) is 5.11. The van der Waals surface area contributed by atoms with Crippen molar-refractivity contribution in [3.8, 4) is 0 Å². The second kappa shape index (κ2) is 9.82. The Balaban J connectivity index is 1.32. The van der Waals surface area contributed by atoms with Crippen LogP contribution < -0.4 is 21.7 Å². The molecule has 5 N–H and O–H groups in total. The Labute approximate surface area is 202 Å². The van der Waals surface area contributed by atoms with E-state index in [4.69, 9.17) is 21.2 Å². The minimum atomic E-state index is -0.460. The average molecular weight is 470 g/mol. The minimum absolute atomic E-state index is 0.219. The van der Waals surface area contributed by atoms with Gasteiger partial charge in [0.25, 0.3) is 0 Å². The number of piperidine rings is 1. The number of guanidine groups is 2. The normalized spacial score (nSPS) is 21.3. The Hall–Kier alpha value is -2.81. The highest BCUT2D eigenvalue weighted by molar-refractivity contribution is 6.05. The van der Waals surface area contributed by atoms with Gasteiger partial charge >= 0.3 is 6.09 Å². The van der Waals surface area contributed by atoms with Crippen LogP contribution in [0.4, 0.5) is 10.5 Å². The van der Waals surface area contributed by atoms with Gasteiger partial charge in [0.1, 0.15) is 11.3 Å². The van der Waals surface area contributed by atoms with E-state index in [2.05, 4.69) is 39.5 Å². The summed E-state index contributed by atoms with van der Waals surface area (Å²) in [6.45, 7) is 7.89. The van der Waals surface area contributed by atoms with Crippen LogP contribution in [0, 0.1) is 0 Å². The summed E-state index contributed by atoms with van der Waals surface area (Å²) in [6.07, 6.45) is 6.89. The molecule has 9 nitrogen and oxygen atoms in total. The number of anilines is 1. The van der Waals surface area contributed by atoms with Crippen molar-refractivity contribution in [1.82, 2.24) is 10.2 Å². The largest absolute Gasteiger partial charge is 0.444 e. The Morgan fingerprint density at radius 1 is 1.12 bits per heavy atom. The van der Waals surface area contributed by atoms with E-state index in [0.717, 1.165) is 50.8 Å². The number of hydrogen-bond donors (Lipinski definition) is 3. The van der Waals surface area contributed by atoms with Gasteiger partial charge in [-0.1, -0.05) is 18.6 Å². The van der Waals surface area contributed by atoms with Crippen LogP contribution in [0.2, 0.25) is 0 Å². The van der Waals surface area contributed by atoms with Crippen molar-refractivity contribution < 1.29 is 9.53 Å². The maximum absolute atomic E-state index is 12.3. The third-order valence-electron chi connectivity index (χ3n) is 6.79. The standard InChI is InChI=1S/C25H39N7O2/c1-24(2,3)34-23(33)31-15-11-19(12-16-31)28-17-18-7-9-20(10-8-18)32-22(27)29-21(26)30-25(32)13-5-4-6-14-25/h7-10,19,28H,4-6,11-17H2,1-3H3,(H4,26,27,29,30). The van der Waals surface area contributed by atoms with Gasteiger partial charge in [0, 0.05) is 31.4 Å². The van der Waals surface area contributed by atoms with Crippen LogP contribution >= 0.6 is 0 Å². The third-order valence-corrected chi connectivity index (χ3v) is 6.79. The highest BCUT2D eigenvalue weighted by Gasteiger charge is 2.42. The molecular formula is C25H39N7O2. The molecule has 9 heteroatoms. The summed E-state index contributed by atoms with van der Waals surface area (Å²) in [5, 5.41) is 3.64. The van der Waals surface area contributed by atoms with E-state index in [1.807, 2.05) is 20.8 Å². The molecule has 1 amide bonds. The molecular weight excluding hydrogens is 430 g/mol. The summed E-state index contributed by atoms with van der Waals surface area (Å²) in [5.74, 6) is 0.686. The second-order valence-corrected chi connectivity index (χ2v) is 10.6. The van der Waals surface area contributed by atoms with Gasteiger partial charge in [0.2, 0.25) is 11.9 Å². The molecule has 0 bridgehead atoms. The predicted molar refractivity (Wildman–Crippen MR) is 136 cm³/mol. The SMILES string of the molecule is CC(C)(C)OC(=O)N1CCC(NCc2ccc(N3C(N)=NC(N)=NC34CCCCC4)cc2)CC1. The Morgan fingerprint density at radius 2 is 1.76 bits per heavy atom. The van der Waals surface area contributed by atoms with Gasteiger partial charge < -0.3 is 26.4 Å². The lowest BCUT2D eigenvalue weighted by atomic mass is 9.87. The first-order valence-corrected chi connectivity index (χ1v) is 12.5. The summed E-state index contributed by atoms with van der Waals surface area (Å²) >= 11 is 0. The molecule has 1 aliphatic carbocycles. The first kappa shape index (κ1) is 24.3. The van der Waals surface area contributed by atoms with Crippen LogP contribution in [0.25, 0.3) is 0 Å². The number of hydrogen-bond acceptors (Lipinski definition) is 8. The van der Waals surface area contributed by atoms with E-state index in [1.54, 1.807) is 4.90 Å². The number of carbonyl (C=O) groups is 1. The van der Waals surface area contributed by atoms with Crippen molar-refractivity contribution in [2.24, 2.45) is 21.5 Å². The molecule has 0 radical (unpaired) electrons. The van der Waals surface area contributed by atoms with Crippen molar-refractivity contribution in [3.05, 3.63) is 29.8 Å². The van der Waals surface area contributed by atoms with Crippen LogP contribution in [0.1, 0.15) is 71.3 Å². The van der Waals surface area contributed by atoms with Crippen LogP contribution in [0.3, 0.4) is 0 Å². The third kappa shape index (κ3) is 5.63. The maximum Gasteiger partial charge on any atom is 0.410 e. The molecule has 186 valence electrons. The van der Waals surface area contributed by atoms with Crippen molar-refractivity contribution >= 4 is 23.7 Å². The molecule has 1 aromatic carbocycles. The first-order valence-electron chi connectivity index (χ1n) is 12.5. The van der Waals surface area contributed by atoms with Gasteiger partial charge in [-0.25, -0.2) is 9.79 Å². The zero-order chi connectivity index (χ0) is 24.3. The van der Waals surface area contributed by atoms with Crippen LogP contribution in [-0.2, 0) is 11.3 Å². The van der Waals surface area contributed by atoms with Crippen LogP contribution in [0.15, 0.2) is 34.3 Å². The molecule has 2 aliphatic heterocycles. The number of amides is 1. The van der Waals surface area contributed by atoms with E-state index < -0.39 is 11.3 Å². The molecule has 2 heterocycles. The number of nitrogens with zero attached hydrogens (tertiary/aromatic N) is 4. The lowest BCUT2D eigenvalue weighted by Gasteiger charge is -2.45. The molecule has 2 fully saturated rings. The highest BCUT2D eigenvalue weighted by Crippen LogP contribution is 2.39. The second-order valence-electron chi connectivity index (χ2n) is 10.6. The molecule has 1 spiro atoms. The number of nitrogens with one attached hydrogen (secondary N) is 1. The molecule has 0 atom stereocenters. The molecule has 0 aromatic heterocycles. The lowest BCUT2D eigenvalue weighted by Crippen LogP contribution is -2.58. The lowest BCUT2D eigenvalue weighted by molar-refractivity contribution is 0.0198. The van der Waals surface area contributed by atoms with E-state index in [-0.39, 0.29) is 12.1 Å². The van der Waals surface area contributed by atoms with Crippen molar-refractivity contribution in [3.63, 3.8) is 0 Å². The number of aliphatic imine (C=N–C) groups is 2. The summed E-state index contributed by atoms with van der Waals surface area (Å²) in [7, 11) is 0. The van der Waals surface area contributed by atoms with Gasteiger partial charge in [-0.2, -0.15) is 4.99 Å². The predicted octanol–water partition coefficient (Wildman–Crippen LogP) is 3.29. The molecule has 0 unspecified atom stereocenters. The Kier molecular flexibility index (Phi) is 7.02. The number of benzene rings is 1. The molecule has 1 aromatic rings. The number of ether oxygens (including phenoxy) is 1. The number of rotatable bonds is 4. The van der Waals surface area contributed by atoms with E-state index in [1.165, 1.54) is 12.0 Å². The topological polar surface area (TPSA) is 122 Å². The molecule has 34 heavy (non-hydrogen) atoms. The van der Waals surface area contributed by atoms with Gasteiger partial charge in [-0.05, 0) is 77.0 Å². The smallest absolute Gasteiger partial charge is 0.410 e. The van der Waals surface area contributed by atoms with Gasteiger partial charge in [-0.15, -0.1) is 0 Å². The summed E-state index contributed by atoms with van der Waals surface area (Å²) in [4.78, 5) is 25.1. The molecule has 1 saturated carbocycles. The Morgan fingerprint density at radius 3 is 2.38 bits per heavy atom. The van der Waals surface area contributed by atoms with E-state index in [0.29, 0.717) is 25.1 Å². The number of likely N-dealkylation sites (tertiary alicyclic amines) is 1. The zero-order valence-electron chi connectivity index (χ0n) is 20.7. The first-order chi connectivity index (χ1) is 16.2.